The van der Waals surface area contributed by atoms with Crippen molar-refractivity contribution in [3.8, 4) is 0 Å². The van der Waals surface area contributed by atoms with Gasteiger partial charge < -0.3 is 10.0 Å². The highest BCUT2D eigenvalue weighted by molar-refractivity contribution is 7.80. The number of carbonyl (C=O) groups is 1. The van der Waals surface area contributed by atoms with E-state index in [4.69, 9.17) is 12.2 Å². The first-order valence-electron chi connectivity index (χ1n) is 11.1. The van der Waals surface area contributed by atoms with E-state index in [1.807, 2.05) is 0 Å². The molecule has 2 aromatic carbocycles. The number of hydrogen-bond donors (Lipinski definition) is 1. The van der Waals surface area contributed by atoms with Crippen LogP contribution in [0.25, 0.3) is 0 Å². The second-order valence-electron chi connectivity index (χ2n) is 8.60. The predicted molar refractivity (Wildman–Crippen MR) is 127 cm³/mol. The standard InChI is InChI=1S/C26H33NO2S/c1-3-20-8-10-21(11-9-20)17-27(18-22-12-14-23(15-13-22)26(28)29)25(30)16-24-7-5-4-6-19(24)2/h4-11,22-23H,3,12-18H2,1-2H3,(H,28,29). The topological polar surface area (TPSA) is 40.5 Å². The Kier molecular flexibility index (Phi) is 8.03. The number of aliphatic carboxylic acids is 1. The lowest BCUT2D eigenvalue weighted by Gasteiger charge is -2.33. The fourth-order valence-electron chi connectivity index (χ4n) is 4.34. The zero-order valence-corrected chi connectivity index (χ0v) is 19.0. The van der Waals surface area contributed by atoms with Gasteiger partial charge in [0.25, 0.3) is 0 Å². The van der Waals surface area contributed by atoms with Gasteiger partial charge in [-0.15, -0.1) is 0 Å². The van der Waals surface area contributed by atoms with E-state index in [0.29, 0.717) is 5.92 Å². The lowest BCUT2D eigenvalue weighted by Crippen LogP contribution is -2.36. The Morgan fingerprint density at radius 3 is 2.27 bits per heavy atom. The van der Waals surface area contributed by atoms with Crippen LogP contribution in [0, 0.1) is 18.8 Å². The van der Waals surface area contributed by atoms with Gasteiger partial charge >= 0.3 is 5.97 Å². The zero-order chi connectivity index (χ0) is 21.5. The van der Waals surface area contributed by atoms with Gasteiger partial charge in [-0.3, -0.25) is 4.79 Å². The zero-order valence-electron chi connectivity index (χ0n) is 18.1. The molecule has 160 valence electrons. The summed E-state index contributed by atoms with van der Waals surface area (Å²) in [4.78, 5) is 14.6. The van der Waals surface area contributed by atoms with Crippen LogP contribution in [0.3, 0.4) is 0 Å². The molecule has 1 N–H and O–H groups in total. The molecule has 1 aliphatic rings. The smallest absolute Gasteiger partial charge is 0.306 e. The normalized spacial score (nSPS) is 18.7. The van der Waals surface area contributed by atoms with Crippen molar-refractivity contribution in [1.29, 1.82) is 0 Å². The highest BCUT2D eigenvalue weighted by atomic mass is 32.1. The molecule has 30 heavy (non-hydrogen) atoms. The third kappa shape index (κ3) is 6.15. The summed E-state index contributed by atoms with van der Waals surface area (Å²) in [5.74, 6) is -0.308. The number of carboxylic acid groups (broad SMARTS) is 1. The first-order chi connectivity index (χ1) is 14.5. The number of thiocarbonyl (C=S) groups is 1. The molecule has 0 amide bonds. The number of rotatable bonds is 8. The molecule has 3 nitrogen and oxygen atoms in total. The Bertz CT molecular complexity index is 854. The van der Waals surface area contributed by atoms with Gasteiger partial charge in [0.1, 0.15) is 0 Å². The monoisotopic (exact) mass is 423 g/mol. The van der Waals surface area contributed by atoms with Crippen molar-refractivity contribution in [3.05, 3.63) is 70.8 Å². The molecule has 0 aliphatic heterocycles. The molecule has 2 aromatic rings. The van der Waals surface area contributed by atoms with Crippen molar-refractivity contribution in [1.82, 2.24) is 4.90 Å². The van der Waals surface area contributed by atoms with Crippen molar-refractivity contribution >= 4 is 23.2 Å². The number of hydrogen-bond acceptors (Lipinski definition) is 2. The van der Waals surface area contributed by atoms with Gasteiger partial charge in [-0.25, -0.2) is 0 Å². The van der Waals surface area contributed by atoms with E-state index in [1.54, 1.807) is 0 Å². The molecule has 1 saturated carbocycles. The third-order valence-electron chi connectivity index (χ3n) is 6.43. The lowest BCUT2D eigenvalue weighted by atomic mass is 9.81. The molecule has 0 unspecified atom stereocenters. The van der Waals surface area contributed by atoms with Gasteiger partial charge in [-0.2, -0.15) is 0 Å². The van der Waals surface area contributed by atoms with Crippen LogP contribution in [0.4, 0.5) is 0 Å². The van der Waals surface area contributed by atoms with Crippen molar-refractivity contribution < 1.29 is 9.90 Å². The summed E-state index contributed by atoms with van der Waals surface area (Å²) in [5.41, 5.74) is 5.18. The molecule has 0 aromatic heterocycles. The maximum Gasteiger partial charge on any atom is 0.306 e. The minimum atomic E-state index is -0.642. The van der Waals surface area contributed by atoms with Crippen molar-refractivity contribution in [2.75, 3.05) is 6.54 Å². The second kappa shape index (κ2) is 10.7. The van der Waals surface area contributed by atoms with E-state index < -0.39 is 5.97 Å². The maximum atomic E-state index is 11.3. The van der Waals surface area contributed by atoms with Gasteiger partial charge in [0.15, 0.2) is 0 Å². The number of nitrogens with zero attached hydrogens (tertiary/aromatic N) is 1. The summed E-state index contributed by atoms with van der Waals surface area (Å²) < 4.78 is 0. The molecule has 0 bridgehead atoms. The van der Waals surface area contributed by atoms with E-state index in [0.717, 1.165) is 56.6 Å². The Morgan fingerprint density at radius 1 is 1.03 bits per heavy atom. The molecule has 1 aliphatic carbocycles. The Morgan fingerprint density at radius 2 is 1.67 bits per heavy atom. The molecular weight excluding hydrogens is 390 g/mol. The van der Waals surface area contributed by atoms with Crippen molar-refractivity contribution in [3.63, 3.8) is 0 Å². The molecule has 0 spiro atoms. The van der Waals surface area contributed by atoms with Crippen LogP contribution >= 0.6 is 12.2 Å². The van der Waals surface area contributed by atoms with Gasteiger partial charge in [0, 0.05) is 19.5 Å². The SMILES string of the molecule is CCc1ccc(CN(CC2CCC(C(=O)O)CC2)C(=S)Cc2ccccc2C)cc1. The molecule has 1 fully saturated rings. The summed E-state index contributed by atoms with van der Waals surface area (Å²) in [5, 5.41) is 9.29. The van der Waals surface area contributed by atoms with Crippen LogP contribution in [0.2, 0.25) is 0 Å². The van der Waals surface area contributed by atoms with Crippen LogP contribution < -0.4 is 0 Å². The van der Waals surface area contributed by atoms with Gasteiger partial charge in [-0.05, 0) is 67.2 Å². The quantitative estimate of drug-likeness (QED) is 0.543. The van der Waals surface area contributed by atoms with E-state index in [1.165, 1.54) is 22.3 Å². The van der Waals surface area contributed by atoms with Crippen LogP contribution in [0.15, 0.2) is 48.5 Å². The molecule has 3 rings (SSSR count). The lowest BCUT2D eigenvalue weighted by molar-refractivity contribution is -0.143. The largest absolute Gasteiger partial charge is 0.481 e. The third-order valence-corrected chi connectivity index (χ3v) is 6.84. The summed E-state index contributed by atoms with van der Waals surface area (Å²) >= 11 is 5.93. The van der Waals surface area contributed by atoms with Crippen molar-refractivity contribution in [2.24, 2.45) is 11.8 Å². The second-order valence-corrected chi connectivity index (χ2v) is 9.07. The molecule has 0 saturated heterocycles. The van der Waals surface area contributed by atoms with Gasteiger partial charge in [0.2, 0.25) is 0 Å². The first-order valence-corrected chi connectivity index (χ1v) is 11.5. The average Bonchev–Trinajstić information content (AvgIpc) is 2.75. The van der Waals surface area contributed by atoms with Crippen LogP contribution in [0.1, 0.15) is 54.9 Å². The predicted octanol–water partition coefficient (Wildman–Crippen LogP) is 5.82. The number of benzene rings is 2. The molecule has 0 atom stereocenters. The summed E-state index contributed by atoms with van der Waals surface area (Å²) in [6.45, 7) is 6.03. The van der Waals surface area contributed by atoms with E-state index in [-0.39, 0.29) is 5.92 Å². The fraction of sp³-hybridized carbons (Fsp3) is 0.462. The summed E-state index contributed by atoms with van der Waals surface area (Å²) in [7, 11) is 0. The average molecular weight is 424 g/mol. The summed E-state index contributed by atoms with van der Waals surface area (Å²) in [6, 6.07) is 17.3. The maximum absolute atomic E-state index is 11.3. The Labute approximate surface area is 186 Å². The van der Waals surface area contributed by atoms with E-state index in [2.05, 4.69) is 67.3 Å². The fourth-order valence-corrected chi connectivity index (χ4v) is 4.64. The van der Waals surface area contributed by atoms with E-state index >= 15 is 0 Å². The van der Waals surface area contributed by atoms with Gasteiger partial charge in [0.05, 0.1) is 10.9 Å². The Hall–Kier alpha value is -2.20. The Balaban J connectivity index is 1.71. The number of carboxylic acids is 1. The molecular formula is C26H33NO2S. The minimum Gasteiger partial charge on any atom is -0.481 e. The van der Waals surface area contributed by atoms with Crippen LogP contribution in [-0.4, -0.2) is 27.5 Å². The minimum absolute atomic E-state index is 0.171. The van der Waals surface area contributed by atoms with Crippen molar-refractivity contribution in [2.45, 2.75) is 58.9 Å². The number of aryl methyl sites for hydroxylation is 2. The summed E-state index contributed by atoms with van der Waals surface area (Å²) in [6.07, 6.45) is 5.32. The van der Waals surface area contributed by atoms with Crippen LogP contribution in [-0.2, 0) is 24.2 Å². The molecule has 4 heteroatoms. The highest BCUT2D eigenvalue weighted by Gasteiger charge is 2.27. The van der Waals surface area contributed by atoms with E-state index in [9.17, 15) is 9.90 Å². The van der Waals surface area contributed by atoms with Gasteiger partial charge in [-0.1, -0.05) is 67.7 Å². The molecule has 0 radical (unpaired) electrons. The van der Waals surface area contributed by atoms with Crippen LogP contribution in [0.5, 0.6) is 0 Å². The first kappa shape index (κ1) is 22.5. The highest BCUT2D eigenvalue weighted by Crippen LogP contribution is 2.30. The molecule has 0 heterocycles.